The Labute approximate surface area is 144 Å². The van der Waals surface area contributed by atoms with Crippen LogP contribution in [0.25, 0.3) is 11.1 Å². The Morgan fingerprint density at radius 2 is 1.68 bits per heavy atom. The minimum absolute atomic E-state index is 0.0854. The first-order chi connectivity index (χ1) is 12.2. The summed E-state index contributed by atoms with van der Waals surface area (Å²) in [5, 5.41) is 9.82. The molecule has 1 saturated carbocycles. The molecule has 2 aromatic carbocycles. The predicted molar refractivity (Wildman–Crippen MR) is 91.6 cm³/mol. The van der Waals surface area contributed by atoms with E-state index in [1.165, 1.54) is 25.5 Å². The maximum absolute atomic E-state index is 11.6. The lowest BCUT2D eigenvalue weighted by atomic mass is 10.0. The molecule has 1 aromatic heterocycles. The molecule has 1 aliphatic rings. The standard InChI is InChI=1S/C19H17N3O3/c1-24-19(23)17-18(21-22-20-17)25-16-10-8-15(9-11-16)14-6-4-13(5-7-14)12-2-3-12/h4-12H,2-3H2,1H3,(H,20,21,22). The molecule has 0 aliphatic heterocycles. The minimum Gasteiger partial charge on any atom is -0.464 e. The number of rotatable bonds is 5. The van der Waals surface area contributed by atoms with Crippen molar-refractivity contribution in [3.63, 3.8) is 0 Å². The topological polar surface area (TPSA) is 77.1 Å². The first-order valence-electron chi connectivity index (χ1n) is 8.12. The maximum atomic E-state index is 11.6. The van der Waals surface area contributed by atoms with E-state index in [1.54, 1.807) is 0 Å². The van der Waals surface area contributed by atoms with Crippen molar-refractivity contribution in [3.05, 3.63) is 59.8 Å². The highest BCUT2D eigenvalue weighted by Gasteiger charge is 2.23. The van der Waals surface area contributed by atoms with E-state index in [0.717, 1.165) is 17.0 Å². The largest absolute Gasteiger partial charge is 0.464 e. The van der Waals surface area contributed by atoms with Crippen LogP contribution in [0.4, 0.5) is 0 Å². The average Bonchev–Trinajstić information content (AvgIpc) is 3.41. The van der Waals surface area contributed by atoms with Crippen LogP contribution >= 0.6 is 0 Å². The SMILES string of the molecule is COC(=O)c1[nH]nnc1Oc1ccc(-c2ccc(C3CC3)cc2)cc1. The number of esters is 1. The summed E-state index contributed by atoms with van der Waals surface area (Å²) in [6, 6.07) is 16.3. The van der Waals surface area contributed by atoms with E-state index >= 15 is 0 Å². The van der Waals surface area contributed by atoms with Crippen LogP contribution in [0.5, 0.6) is 11.6 Å². The van der Waals surface area contributed by atoms with Crippen molar-refractivity contribution in [1.29, 1.82) is 0 Å². The number of aromatic nitrogens is 3. The van der Waals surface area contributed by atoms with Crippen molar-refractivity contribution in [1.82, 2.24) is 15.4 Å². The van der Waals surface area contributed by atoms with Gasteiger partial charge >= 0.3 is 5.97 Å². The van der Waals surface area contributed by atoms with Gasteiger partial charge in [0, 0.05) is 0 Å². The lowest BCUT2D eigenvalue weighted by molar-refractivity contribution is 0.0591. The van der Waals surface area contributed by atoms with Crippen molar-refractivity contribution in [2.45, 2.75) is 18.8 Å². The number of nitrogens with one attached hydrogen (secondary N) is 1. The van der Waals surface area contributed by atoms with Crippen LogP contribution in [-0.2, 0) is 4.74 Å². The molecule has 0 unspecified atom stereocenters. The van der Waals surface area contributed by atoms with Crippen molar-refractivity contribution in [2.75, 3.05) is 7.11 Å². The van der Waals surface area contributed by atoms with E-state index in [-0.39, 0.29) is 11.6 Å². The van der Waals surface area contributed by atoms with E-state index in [1.807, 2.05) is 24.3 Å². The van der Waals surface area contributed by atoms with Crippen molar-refractivity contribution < 1.29 is 14.3 Å². The third kappa shape index (κ3) is 3.24. The van der Waals surface area contributed by atoms with Gasteiger partial charge in [-0.1, -0.05) is 46.7 Å². The maximum Gasteiger partial charge on any atom is 0.361 e. The first kappa shape index (κ1) is 15.4. The summed E-state index contributed by atoms with van der Waals surface area (Å²) >= 11 is 0. The zero-order chi connectivity index (χ0) is 17.2. The Morgan fingerprint density at radius 3 is 2.28 bits per heavy atom. The van der Waals surface area contributed by atoms with Gasteiger partial charge in [-0.05, 0) is 47.6 Å². The third-order valence-corrected chi connectivity index (χ3v) is 4.27. The van der Waals surface area contributed by atoms with Gasteiger partial charge < -0.3 is 9.47 Å². The summed E-state index contributed by atoms with van der Waals surface area (Å²) in [6.45, 7) is 0. The summed E-state index contributed by atoms with van der Waals surface area (Å²) in [5.41, 5.74) is 3.77. The number of benzene rings is 2. The quantitative estimate of drug-likeness (QED) is 0.715. The van der Waals surface area contributed by atoms with E-state index in [0.29, 0.717) is 5.75 Å². The average molecular weight is 335 g/mol. The fourth-order valence-electron chi connectivity index (χ4n) is 2.72. The number of carbonyl (C=O) groups excluding carboxylic acids is 1. The molecule has 0 bridgehead atoms. The molecule has 0 amide bonds. The summed E-state index contributed by atoms with van der Waals surface area (Å²) < 4.78 is 10.3. The first-order valence-corrected chi connectivity index (χ1v) is 8.12. The highest BCUT2D eigenvalue weighted by Crippen LogP contribution is 2.40. The molecule has 1 heterocycles. The van der Waals surface area contributed by atoms with Gasteiger partial charge in [-0.3, -0.25) is 0 Å². The van der Waals surface area contributed by atoms with Crippen molar-refractivity contribution in [2.24, 2.45) is 0 Å². The van der Waals surface area contributed by atoms with E-state index < -0.39 is 5.97 Å². The second kappa shape index (κ2) is 6.39. The predicted octanol–water partition coefficient (Wildman–Crippen LogP) is 3.93. The van der Waals surface area contributed by atoms with Gasteiger partial charge in [0.1, 0.15) is 5.75 Å². The second-order valence-electron chi connectivity index (χ2n) is 6.01. The van der Waals surface area contributed by atoms with Crippen molar-refractivity contribution in [3.8, 4) is 22.8 Å². The van der Waals surface area contributed by atoms with Gasteiger partial charge in [0.2, 0.25) is 5.69 Å². The van der Waals surface area contributed by atoms with Gasteiger partial charge in [0.15, 0.2) is 0 Å². The number of aromatic amines is 1. The number of nitrogens with zero attached hydrogens (tertiary/aromatic N) is 2. The number of hydrogen-bond acceptors (Lipinski definition) is 5. The fraction of sp³-hybridized carbons (Fsp3) is 0.211. The normalized spacial score (nSPS) is 13.5. The Hall–Kier alpha value is -3.15. The zero-order valence-electron chi connectivity index (χ0n) is 13.7. The van der Waals surface area contributed by atoms with Crippen molar-refractivity contribution >= 4 is 5.97 Å². The van der Waals surface area contributed by atoms with Crippen LogP contribution in [0.2, 0.25) is 0 Å². The molecule has 6 heteroatoms. The monoisotopic (exact) mass is 335 g/mol. The smallest absolute Gasteiger partial charge is 0.361 e. The Balaban J connectivity index is 1.50. The van der Waals surface area contributed by atoms with Crippen LogP contribution in [-0.4, -0.2) is 28.5 Å². The fourth-order valence-corrected chi connectivity index (χ4v) is 2.72. The van der Waals surface area contributed by atoms with Gasteiger partial charge in [0.05, 0.1) is 7.11 Å². The Bertz CT molecular complexity index is 881. The highest BCUT2D eigenvalue weighted by atomic mass is 16.5. The summed E-state index contributed by atoms with van der Waals surface area (Å²) in [4.78, 5) is 11.6. The number of carbonyl (C=O) groups is 1. The van der Waals surface area contributed by atoms with Crippen LogP contribution in [0.1, 0.15) is 34.8 Å². The van der Waals surface area contributed by atoms with Crippen LogP contribution in [0.3, 0.4) is 0 Å². The molecule has 25 heavy (non-hydrogen) atoms. The van der Waals surface area contributed by atoms with Gasteiger partial charge in [-0.25, -0.2) is 9.89 Å². The van der Waals surface area contributed by atoms with Crippen LogP contribution in [0, 0.1) is 0 Å². The zero-order valence-corrected chi connectivity index (χ0v) is 13.7. The molecule has 0 radical (unpaired) electrons. The van der Waals surface area contributed by atoms with Gasteiger partial charge in [-0.2, -0.15) is 0 Å². The molecule has 4 rings (SSSR count). The van der Waals surface area contributed by atoms with Crippen LogP contribution < -0.4 is 4.74 Å². The van der Waals surface area contributed by atoms with E-state index in [9.17, 15) is 4.79 Å². The van der Waals surface area contributed by atoms with E-state index in [2.05, 4.69) is 44.4 Å². The molecule has 0 atom stereocenters. The Morgan fingerprint density at radius 1 is 1.04 bits per heavy atom. The molecular formula is C19H17N3O3. The molecular weight excluding hydrogens is 318 g/mol. The second-order valence-corrected chi connectivity index (χ2v) is 6.01. The van der Waals surface area contributed by atoms with E-state index in [4.69, 9.17) is 4.74 Å². The summed E-state index contributed by atoms with van der Waals surface area (Å²) in [6.07, 6.45) is 2.61. The van der Waals surface area contributed by atoms with Gasteiger partial charge in [-0.15, -0.1) is 0 Å². The number of ether oxygens (including phenoxy) is 2. The highest BCUT2D eigenvalue weighted by molar-refractivity contribution is 5.89. The molecule has 1 aliphatic carbocycles. The number of H-pyrrole nitrogens is 1. The van der Waals surface area contributed by atoms with Gasteiger partial charge in [0.25, 0.3) is 5.88 Å². The third-order valence-electron chi connectivity index (χ3n) is 4.27. The molecule has 1 N–H and O–H groups in total. The molecule has 6 nitrogen and oxygen atoms in total. The summed E-state index contributed by atoms with van der Waals surface area (Å²) in [7, 11) is 1.29. The lowest BCUT2D eigenvalue weighted by Crippen LogP contribution is -2.03. The number of hydrogen-bond donors (Lipinski definition) is 1. The molecule has 0 spiro atoms. The van der Waals surface area contributed by atoms with Crippen LogP contribution in [0.15, 0.2) is 48.5 Å². The molecule has 3 aromatic rings. The molecule has 0 saturated heterocycles. The Kier molecular flexibility index (Phi) is 3.93. The minimum atomic E-state index is -0.577. The number of methoxy groups -OCH3 is 1. The molecule has 1 fully saturated rings. The lowest BCUT2D eigenvalue weighted by Gasteiger charge is -2.06. The molecule has 126 valence electrons. The summed E-state index contributed by atoms with van der Waals surface area (Å²) in [5.74, 6) is 0.842.